The number of carbonyl (C=O) groups excluding carboxylic acids is 1. The van der Waals surface area contributed by atoms with E-state index in [1.807, 2.05) is 4.90 Å². The highest BCUT2D eigenvalue weighted by Crippen LogP contribution is 2.28. The van der Waals surface area contributed by atoms with Crippen LogP contribution >= 0.6 is 0 Å². The fourth-order valence-electron chi connectivity index (χ4n) is 3.05. The summed E-state index contributed by atoms with van der Waals surface area (Å²) in [5.74, 6) is 0. The van der Waals surface area contributed by atoms with Gasteiger partial charge in [0.2, 0.25) is 6.41 Å². The molecule has 4 heteroatoms. The summed E-state index contributed by atoms with van der Waals surface area (Å²) in [4.78, 5) is 15.1. The molecule has 19 heavy (non-hydrogen) atoms. The number of nitrogens with one attached hydrogen (secondary N) is 1. The van der Waals surface area contributed by atoms with Crippen molar-refractivity contribution < 1.29 is 4.79 Å². The normalized spacial score (nSPS) is 23.1. The second kappa shape index (κ2) is 5.21. The van der Waals surface area contributed by atoms with Crippen LogP contribution in [0.5, 0.6) is 0 Å². The largest absolute Gasteiger partial charge is 0.368 e. The highest BCUT2D eigenvalue weighted by molar-refractivity contribution is 5.59. The summed E-state index contributed by atoms with van der Waals surface area (Å²) in [6.07, 6.45) is 2.06. The third-order valence-electron chi connectivity index (χ3n) is 4.20. The molecule has 1 atom stereocenters. The van der Waals surface area contributed by atoms with E-state index in [1.165, 1.54) is 16.8 Å². The number of rotatable bonds is 2. The Morgan fingerprint density at radius 2 is 2.05 bits per heavy atom. The molecule has 2 aliphatic heterocycles. The predicted molar refractivity (Wildman–Crippen MR) is 76.3 cm³/mol. The molecular weight excluding hydrogens is 238 g/mol. The molecular formula is C15H21N3O. The van der Waals surface area contributed by atoms with Gasteiger partial charge in [-0.25, -0.2) is 0 Å². The van der Waals surface area contributed by atoms with Crippen LogP contribution in [0.1, 0.15) is 18.1 Å². The van der Waals surface area contributed by atoms with Gasteiger partial charge < -0.3 is 15.1 Å². The molecule has 1 aromatic rings. The number of benzene rings is 1. The Balaban J connectivity index is 1.83. The molecule has 0 spiro atoms. The molecule has 1 fully saturated rings. The molecule has 3 rings (SSSR count). The lowest BCUT2D eigenvalue weighted by atomic mass is 9.94. The molecule has 1 saturated heterocycles. The second-order valence-corrected chi connectivity index (χ2v) is 5.53. The number of carbonyl (C=O) groups is 1. The van der Waals surface area contributed by atoms with Crippen molar-refractivity contribution >= 4 is 12.1 Å². The first-order chi connectivity index (χ1) is 9.28. The molecule has 2 heterocycles. The second-order valence-electron chi connectivity index (χ2n) is 5.53. The van der Waals surface area contributed by atoms with E-state index in [0.29, 0.717) is 6.04 Å². The molecule has 4 nitrogen and oxygen atoms in total. The van der Waals surface area contributed by atoms with Crippen molar-refractivity contribution in [3.63, 3.8) is 0 Å². The summed E-state index contributed by atoms with van der Waals surface area (Å²) in [6.45, 7) is 6.76. The number of hydrogen-bond donors (Lipinski definition) is 1. The molecule has 0 aliphatic carbocycles. The van der Waals surface area contributed by atoms with Crippen LogP contribution in [0.3, 0.4) is 0 Å². The van der Waals surface area contributed by atoms with Gasteiger partial charge in [0.25, 0.3) is 0 Å². The highest BCUT2D eigenvalue weighted by Gasteiger charge is 2.22. The SMILES string of the molecule is CC1Cc2c(cccc2N2CCN(C=O)CC2)CN1. The van der Waals surface area contributed by atoms with Crippen LogP contribution in [0.2, 0.25) is 0 Å². The Morgan fingerprint density at radius 3 is 2.79 bits per heavy atom. The number of anilines is 1. The minimum Gasteiger partial charge on any atom is -0.368 e. The van der Waals surface area contributed by atoms with E-state index < -0.39 is 0 Å². The van der Waals surface area contributed by atoms with Gasteiger partial charge in [-0.3, -0.25) is 4.79 Å². The van der Waals surface area contributed by atoms with Crippen molar-refractivity contribution in [2.75, 3.05) is 31.1 Å². The van der Waals surface area contributed by atoms with Crippen LogP contribution in [0.4, 0.5) is 5.69 Å². The zero-order valence-electron chi connectivity index (χ0n) is 11.4. The third-order valence-corrected chi connectivity index (χ3v) is 4.20. The van der Waals surface area contributed by atoms with Crippen molar-refractivity contribution in [2.24, 2.45) is 0 Å². The molecule has 0 saturated carbocycles. The Labute approximate surface area is 114 Å². The molecule has 1 amide bonds. The maximum Gasteiger partial charge on any atom is 0.209 e. The van der Waals surface area contributed by atoms with Crippen LogP contribution in [0.25, 0.3) is 0 Å². The first-order valence-electron chi connectivity index (χ1n) is 7.06. The zero-order valence-corrected chi connectivity index (χ0v) is 11.4. The van der Waals surface area contributed by atoms with Crippen molar-refractivity contribution in [1.82, 2.24) is 10.2 Å². The lowest BCUT2D eigenvalue weighted by molar-refractivity contribution is -0.118. The molecule has 0 radical (unpaired) electrons. The molecule has 1 aromatic carbocycles. The standard InChI is InChI=1S/C15H21N3O/c1-12-9-14-13(10-16-12)3-2-4-15(14)18-7-5-17(11-19)6-8-18/h2-4,11-12,16H,5-10H2,1H3. The van der Waals surface area contributed by atoms with E-state index >= 15 is 0 Å². The number of amides is 1. The van der Waals surface area contributed by atoms with Crippen LogP contribution in [0, 0.1) is 0 Å². The lowest BCUT2D eigenvalue weighted by Gasteiger charge is -2.37. The Kier molecular flexibility index (Phi) is 3.42. The highest BCUT2D eigenvalue weighted by atomic mass is 16.1. The fraction of sp³-hybridized carbons (Fsp3) is 0.533. The quantitative estimate of drug-likeness (QED) is 0.805. The van der Waals surface area contributed by atoms with Gasteiger partial charge in [0.15, 0.2) is 0 Å². The van der Waals surface area contributed by atoms with Crippen LogP contribution in [-0.2, 0) is 17.8 Å². The first-order valence-corrected chi connectivity index (χ1v) is 7.06. The van der Waals surface area contributed by atoms with Crippen LogP contribution in [-0.4, -0.2) is 43.5 Å². The maximum absolute atomic E-state index is 10.8. The van der Waals surface area contributed by atoms with Gasteiger partial charge in [-0.05, 0) is 30.5 Å². The molecule has 0 bridgehead atoms. The average Bonchev–Trinajstić information content (AvgIpc) is 2.47. The molecule has 0 aromatic heterocycles. The minimum absolute atomic E-state index is 0.546. The van der Waals surface area contributed by atoms with E-state index in [1.54, 1.807) is 0 Å². The summed E-state index contributed by atoms with van der Waals surface area (Å²) in [7, 11) is 0. The Morgan fingerprint density at radius 1 is 1.26 bits per heavy atom. The molecule has 1 unspecified atom stereocenters. The smallest absolute Gasteiger partial charge is 0.209 e. The summed E-state index contributed by atoms with van der Waals surface area (Å²) in [6, 6.07) is 7.15. The van der Waals surface area contributed by atoms with Crippen molar-refractivity contribution in [2.45, 2.75) is 25.9 Å². The number of nitrogens with zero attached hydrogens (tertiary/aromatic N) is 2. The third kappa shape index (κ3) is 2.45. The van der Waals surface area contributed by atoms with Gasteiger partial charge in [-0.15, -0.1) is 0 Å². The summed E-state index contributed by atoms with van der Waals surface area (Å²) in [5, 5.41) is 3.51. The van der Waals surface area contributed by atoms with Crippen LogP contribution in [0.15, 0.2) is 18.2 Å². The van der Waals surface area contributed by atoms with E-state index in [0.717, 1.165) is 45.6 Å². The van der Waals surface area contributed by atoms with Crippen molar-refractivity contribution in [3.8, 4) is 0 Å². The summed E-state index contributed by atoms with van der Waals surface area (Å²) >= 11 is 0. The predicted octanol–water partition coefficient (Wildman–Crippen LogP) is 0.999. The van der Waals surface area contributed by atoms with E-state index in [2.05, 4.69) is 35.3 Å². The summed E-state index contributed by atoms with van der Waals surface area (Å²) in [5.41, 5.74) is 4.29. The first kappa shape index (κ1) is 12.5. The van der Waals surface area contributed by atoms with Gasteiger partial charge in [0.1, 0.15) is 0 Å². The topological polar surface area (TPSA) is 35.6 Å². The monoisotopic (exact) mass is 259 g/mol. The molecule has 1 N–H and O–H groups in total. The van der Waals surface area contributed by atoms with Gasteiger partial charge in [-0.2, -0.15) is 0 Å². The Bertz CT molecular complexity index is 466. The van der Waals surface area contributed by atoms with Gasteiger partial charge in [0, 0.05) is 44.5 Å². The van der Waals surface area contributed by atoms with Crippen LogP contribution < -0.4 is 10.2 Å². The van der Waals surface area contributed by atoms with Gasteiger partial charge >= 0.3 is 0 Å². The zero-order chi connectivity index (χ0) is 13.2. The van der Waals surface area contributed by atoms with E-state index in [9.17, 15) is 4.79 Å². The van der Waals surface area contributed by atoms with Gasteiger partial charge in [-0.1, -0.05) is 12.1 Å². The number of hydrogen-bond acceptors (Lipinski definition) is 3. The fourth-order valence-corrected chi connectivity index (χ4v) is 3.05. The average molecular weight is 259 g/mol. The number of piperazine rings is 1. The number of fused-ring (bicyclic) bond motifs is 1. The molecule has 2 aliphatic rings. The summed E-state index contributed by atoms with van der Waals surface area (Å²) < 4.78 is 0. The van der Waals surface area contributed by atoms with Crippen molar-refractivity contribution in [1.29, 1.82) is 0 Å². The van der Waals surface area contributed by atoms with Gasteiger partial charge in [0.05, 0.1) is 0 Å². The van der Waals surface area contributed by atoms with E-state index in [4.69, 9.17) is 0 Å². The Hall–Kier alpha value is -1.55. The molecule has 102 valence electrons. The lowest BCUT2D eigenvalue weighted by Crippen LogP contribution is -2.46. The van der Waals surface area contributed by atoms with E-state index in [-0.39, 0.29) is 0 Å². The minimum atomic E-state index is 0.546. The van der Waals surface area contributed by atoms with Crippen molar-refractivity contribution in [3.05, 3.63) is 29.3 Å². The maximum atomic E-state index is 10.8.